The summed E-state index contributed by atoms with van der Waals surface area (Å²) in [6.45, 7) is 1.70. The van der Waals surface area contributed by atoms with Crippen LogP contribution in [0.4, 0.5) is 8.78 Å². The minimum atomic E-state index is -2.78. The number of alkyl halides is 2. The molecule has 1 aromatic heterocycles. The molecule has 0 aromatic carbocycles. The van der Waals surface area contributed by atoms with Crippen molar-refractivity contribution < 1.29 is 18.7 Å². The highest BCUT2D eigenvalue weighted by Gasteiger charge is 2.28. The van der Waals surface area contributed by atoms with Crippen LogP contribution in [0.1, 0.15) is 68.6 Å². The predicted octanol–water partition coefficient (Wildman–Crippen LogP) is 4.96. The van der Waals surface area contributed by atoms with Crippen molar-refractivity contribution in [3.05, 3.63) is 24.0 Å². The number of hydrogen-bond acceptors (Lipinski definition) is 1. The maximum Gasteiger partial charge on any atom is 0.337 e. The smallest absolute Gasteiger partial charge is 0.337 e. The van der Waals surface area contributed by atoms with Crippen LogP contribution in [0.5, 0.6) is 0 Å². The van der Waals surface area contributed by atoms with Crippen LogP contribution in [0.25, 0.3) is 0 Å². The minimum absolute atomic E-state index is 0.0433. The quantitative estimate of drug-likeness (QED) is 0.587. The third kappa shape index (κ3) is 7.25. The van der Waals surface area contributed by atoms with Gasteiger partial charge in [-0.2, -0.15) is 0 Å². The standard InChI is InChI=1S/C16H25F2NO2/c1-2-3-4-5-6-7-8-10-16(17,18)13-19-11-9-14(12-19)15(20)21/h9,11-12H,2-8,10,13H2,1H3,(H,20,21). The monoisotopic (exact) mass is 301 g/mol. The average molecular weight is 301 g/mol. The van der Waals surface area contributed by atoms with Crippen molar-refractivity contribution in [1.82, 2.24) is 4.57 Å². The van der Waals surface area contributed by atoms with Crippen molar-refractivity contribution in [3.63, 3.8) is 0 Å². The number of carboxylic acids is 1. The molecule has 0 saturated carbocycles. The molecule has 0 fully saturated rings. The van der Waals surface area contributed by atoms with Crippen LogP contribution in [0.2, 0.25) is 0 Å². The Bertz CT molecular complexity index is 430. The lowest BCUT2D eigenvalue weighted by atomic mass is 10.1. The molecule has 1 aromatic rings. The summed E-state index contributed by atoms with van der Waals surface area (Å²) in [7, 11) is 0. The Balaban J connectivity index is 2.24. The van der Waals surface area contributed by atoms with Crippen LogP contribution in [-0.2, 0) is 6.54 Å². The van der Waals surface area contributed by atoms with E-state index in [9.17, 15) is 13.6 Å². The number of rotatable bonds is 11. The van der Waals surface area contributed by atoms with Crippen LogP contribution >= 0.6 is 0 Å². The maximum absolute atomic E-state index is 13.8. The van der Waals surface area contributed by atoms with Crippen molar-refractivity contribution in [3.8, 4) is 0 Å². The molecule has 1 heterocycles. The molecule has 0 aliphatic rings. The Hall–Kier alpha value is -1.39. The van der Waals surface area contributed by atoms with Gasteiger partial charge in [-0.25, -0.2) is 13.6 Å². The number of unbranched alkanes of at least 4 members (excludes halogenated alkanes) is 6. The molecular formula is C16H25F2NO2. The summed E-state index contributed by atoms with van der Waals surface area (Å²) < 4.78 is 28.8. The third-order valence-corrected chi connectivity index (χ3v) is 3.56. The van der Waals surface area contributed by atoms with Gasteiger partial charge in [0, 0.05) is 18.8 Å². The lowest BCUT2D eigenvalue weighted by molar-refractivity contribution is -0.0266. The highest BCUT2D eigenvalue weighted by atomic mass is 19.3. The number of aromatic carboxylic acids is 1. The zero-order valence-electron chi connectivity index (χ0n) is 12.7. The Morgan fingerprint density at radius 3 is 2.38 bits per heavy atom. The molecule has 0 saturated heterocycles. The molecule has 0 spiro atoms. The molecule has 0 aliphatic heterocycles. The van der Waals surface area contributed by atoms with Gasteiger partial charge in [0.2, 0.25) is 0 Å². The molecule has 1 N–H and O–H groups in total. The first-order valence-corrected chi connectivity index (χ1v) is 7.71. The van der Waals surface area contributed by atoms with E-state index in [2.05, 4.69) is 6.92 Å². The average Bonchev–Trinajstić information content (AvgIpc) is 2.85. The van der Waals surface area contributed by atoms with E-state index < -0.39 is 18.4 Å². The topological polar surface area (TPSA) is 42.2 Å². The zero-order valence-corrected chi connectivity index (χ0v) is 12.7. The second-order valence-electron chi connectivity index (χ2n) is 5.60. The minimum Gasteiger partial charge on any atom is -0.478 e. The number of nitrogens with zero attached hydrogens (tertiary/aromatic N) is 1. The summed E-state index contributed by atoms with van der Waals surface area (Å²) in [5, 5.41) is 8.76. The van der Waals surface area contributed by atoms with Crippen LogP contribution in [0.15, 0.2) is 18.5 Å². The summed E-state index contributed by atoms with van der Waals surface area (Å²) in [6.07, 6.45) is 9.60. The van der Waals surface area contributed by atoms with Crippen molar-refractivity contribution in [2.75, 3.05) is 0 Å². The Morgan fingerprint density at radius 2 is 1.81 bits per heavy atom. The molecule has 1 rings (SSSR count). The summed E-state index contributed by atoms with van der Waals surface area (Å²) in [4.78, 5) is 10.7. The van der Waals surface area contributed by atoms with Gasteiger partial charge >= 0.3 is 5.97 Å². The second kappa shape index (κ2) is 8.80. The normalized spacial score (nSPS) is 11.8. The molecule has 5 heteroatoms. The first-order chi connectivity index (χ1) is 9.94. The van der Waals surface area contributed by atoms with E-state index in [0.717, 1.165) is 19.3 Å². The fraction of sp³-hybridized carbons (Fsp3) is 0.688. The number of carbonyl (C=O) groups is 1. The summed E-state index contributed by atoms with van der Waals surface area (Å²) in [6, 6.07) is 1.34. The van der Waals surface area contributed by atoms with Crippen molar-refractivity contribution in [2.45, 2.75) is 70.8 Å². The van der Waals surface area contributed by atoms with Crippen LogP contribution < -0.4 is 0 Å². The lowest BCUT2D eigenvalue weighted by Gasteiger charge is -2.17. The first kappa shape index (κ1) is 17.7. The number of carboxylic acid groups (broad SMARTS) is 1. The van der Waals surface area contributed by atoms with Gasteiger partial charge in [0.15, 0.2) is 0 Å². The Kier molecular flexibility index (Phi) is 7.40. The maximum atomic E-state index is 13.8. The highest BCUT2D eigenvalue weighted by molar-refractivity contribution is 5.87. The fourth-order valence-corrected chi connectivity index (χ4v) is 2.35. The van der Waals surface area contributed by atoms with Crippen LogP contribution in [0, 0.1) is 0 Å². The Morgan fingerprint density at radius 1 is 1.19 bits per heavy atom. The lowest BCUT2D eigenvalue weighted by Crippen LogP contribution is -2.23. The highest BCUT2D eigenvalue weighted by Crippen LogP contribution is 2.25. The van der Waals surface area contributed by atoms with E-state index in [0.29, 0.717) is 6.42 Å². The van der Waals surface area contributed by atoms with E-state index in [1.807, 2.05) is 0 Å². The van der Waals surface area contributed by atoms with E-state index in [4.69, 9.17) is 5.11 Å². The number of aromatic nitrogens is 1. The third-order valence-electron chi connectivity index (χ3n) is 3.56. The molecule has 120 valence electrons. The largest absolute Gasteiger partial charge is 0.478 e. The van der Waals surface area contributed by atoms with Gasteiger partial charge in [-0.1, -0.05) is 45.4 Å². The molecule has 0 amide bonds. The first-order valence-electron chi connectivity index (χ1n) is 7.71. The van der Waals surface area contributed by atoms with E-state index in [1.54, 1.807) is 0 Å². The van der Waals surface area contributed by atoms with Crippen molar-refractivity contribution in [1.29, 1.82) is 0 Å². The molecule has 0 aliphatic carbocycles. The van der Waals surface area contributed by atoms with Gasteiger partial charge in [0.25, 0.3) is 5.92 Å². The van der Waals surface area contributed by atoms with Gasteiger partial charge in [-0.15, -0.1) is 0 Å². The summed E-state index contributed by atoms with van der Waals surface area (Å²) in [5.74, 6) is -3.87. The van der Waals surface area contributed by atoms with Crippen molar-refractivity contribution in [2.24, 2.45) is 0 Å². The van der Waals surface area contributed by atoms with Gasteiger partial charge in [0.05, 0.1) is 12.1 Å². The van der Waals surface area contributed by atoms with Crippen molar-refractivity contribution >= 4 is 5.97 Å². The van der Waals surface area contributed by atoms with Gasteiger partial charge in [0.1, 0.15) is 0 Å². The molecule has 0 radical (unpaired) electrons. The van der Waals surface area contributed by atoms with Crippen LogP contribution in [0.3, 0.4) is 0 Å². The SMILES string of the molecule is CCCCCCCCCC(F)(F)Cn1ccc(C(=O)O)c1. The Labute approximate surface area is 125 Å². The van der Waals surface area contributed by atoms with E-state index in [-0.39, 0.29) is 12.0 Å². The molecule has 0 bridgehead atoms. The molecule has 3 nitrogen and oxygen atoms in total. The molecule has 0 unspecified atom stereocenters. The fourth-order valence-electron chi connectivity index (χ4n) is 2.35. The zero-order chi connectivity index (χ0) is 15.7. The molecular weight excluding hydrogens is 276 g/mol. The summed E-state index contributed by atoms with van der Waals surface area (Å²) >= 11 is 0. The molecule has 21 heavy (non-hydrogen) atoms. The van der Waals surface area contributed by atoms with E-state index >= 15 is 0 Å². The second-order valence-corrected chi connectivity index (χ2v) is 5.60. The number of hydrogen-bond donors (Lipinski definition) is 1. The van der Waals surface area contributed by atoms with Gasteiger partial charge < -0.3 is 9.67 Å². The summed E-state index contributed by atoms with van der Waals surface area (Å²) in [5.41, 5.74) is 0.0433. The van der Waals surface area contributed by atoms with Gasteiger partial charge in [-0.3, -0.25) is 0 Å². The number of halogens is 2. The van der Waals surface area contributed by atoms with Gasteiger partial charge in [-0.05, 0) is 12.5 Å². The predicted molar refractivity (Wildman–Crippen MR) is 78.9 cm³/mol. The van der Waals surface area contributed by atoms with E-state index in [1.165, 1.54) is 42.3 Å². The molecule has 0 atom stereocenters. The van der Waals surface area contributed by atoms with Crippen LogP contribution in [-0.4, -0.2) is 21.6 Å².